The summed E-state index contributed by atoms with van der Waals surface area (Å²) in [5.41, 5.74) is 4.29. The molecule has 206 valence electrons. The summed E-state index contributed by atoms with van der Waals surface area (Å²) in [6.07, 6.45) is 5.96. The van der Waals surface area contributed by atoms with Gasteiger partial charge in [0.25, 0.3) is 5.91 Å². The van der Waals surface area contributed by atoms with E-state index in [1.807, 2.05) is 25.1 Å². The minimum absolute atomic E-state index is 0. The van der Waals surface area contributed by atoms with Crippen molar-refractivity contribution in [1.29, 1.82) is 0 Å². The molecule has 1 aliphatic heterocycles. The van der Waals surface area contributed by atoms with Crippen molar-refractivity contribution in [2.24, 2.45) is 7.05 Å². The molecule has 3 aromatic rings. The number of carbonyl (C=O) groups is 1. The van der Waals surface area contributed by atoms with Gasteiger partial charge in [0, 0.05) is 54.1 Å². The first-order chi connectivity index (χ1) is 17.8. The van der Waals surface area contributed by atoms with E-state index >= 15 is 0 Å². The Morgan fingerprint density at radius 1 is 1.16 bits per heavy atom. The van der Waals surface area contributed by atoms with Crippen LogP contribution in [0.25, 0.3) is 10.9 Å². The number of ether oxygens (including phenoxy) is 2. The highest BCUT2D eigenvalue weighted by atomic mass is 35.5. The molecule has 1 amide bonds. The van der Waals surface area contributed by atoms with Gasteiger partial charge in [-0.3, -0.25) is 4.79 Å². The number of amides is 1. The third-order valence-corrected chi connectivity index (χ3v) is 8.05. The smallest absolute Gasteiger partial charge is 0.255 e. The van der Waals surface area contributed by atoms with Crippen LogP contribution >= 0.6 is 12.4 Å². The molecule has 1 saturated carbocycles. The maximum atomic E-state index is 13.0. The predicted molar refractivity (Wildman–Crippen MR) is 153 cm³/mol. The van der Waals surface area contributed by atoms with E-state index in [-0.39, 0.29) is 24.4 Å². The standard InChI is InChI=1S/C30H39N3O4.ClH/c1-20-26-17-23(18-31-22-12-14-30(2,35)15-13-22)33(3)28(26)11-10-27(20)32-29(34)21-6-8-24(9-7-21)37-19-25-5-4-16-36-25;/h6-11,17,22,25,31,35H,4-5,12-16,18-19H2,1-3H3,(H,32,34);1H/t22-,25-,30-;/m0./s1. The Hall–Kier alpha value is -2.58. The van der Waals surface area contributed by atoms with Crippen LogP contribution < -0.4 is 15.4 Å². The van der Waals surface area contributed by atoms with E-state index in [1.54, 1.807) is 12.1 Å². The van der Waals surface area contributed by atoms with Gasteiger partial charge in [0.2, 0.25) is 0 Å². The number of carbonyl (C=O) groups excluding carboxylic acids is 1. The molecular formula is C30H40ClN3O4. The molecule has 7 nitrogen and oxygen atoms in total. The summed E-state index contributed by atoms with van der Waals surface area (Å²) in [6, 6.07) is 14.0. The Kier molecular flexibility index (Phi) is 9.04. The number of nitrogens with one attached hydrogen (secondary N) is 2. The second-order valence-corrected chi connectivity index (χ2v) is 10.9. The van der Waals surface area contributed by atoms with Crippen molar-refractivity contribution in [3.8, 4) is 5.75 Å². The molecule has 2 aromatic carbocycles. The van der Waals surface area contributed by atoms with E-state index in [2.05, 4.69) is 41.3 Å². The van der Waals surface area contributed by atoms with Crippen LogP contribution in [0.4, 0.5) is 5.69 Å². The van der Waals surface area contributed by atoms with Crippen LogP contribution in [0.5, 0.6) is 5.75 Å². The van der Waals surface area contributed by atoms with E-state index in [0.29, 0.717) is 18.2 Å². The fraction of sp³-hybridized carbons (Fsp3) is 0.500. The number of hydrogen-bond acceptors (Lipinski definition) is 5. The van der Waals surface area contributed by atoms with Gasteiger partial charge in [-0.25, -0.2) is 0 Å². The van der Waals surface area contributed by atoms with Gasteiger partial charge in [0.15, 0.2) is 0 Å². The SMILES string of the molecule is Cc1c(NC(=O)c2ccc(OC[C@@H]3CCCO3)cc2)ccc2c1cc(CN[C@H]1CC[C@](C)(O)CC1)n2C.Cl. The minimum Gasteiger partial charge on any atom is -0.491 e. The van der Waals surface area contributed by atoms with Gasteiger partial charge in [0.05, 0.1) is 11.7 Å². The molecule has 5 rings (SSSR count). The van der Waals surface area contributed by atoms with Crippen molar-refractivity contribution in [3.63, 3.8) is 0 Å². The highest BCUT2D eigenvalue weighted by molar-refractivity contribution is 6.06. The molecule has 2 heterocycles. The number of hydrogen-bond donors (Lipinski definition) is 3. The van der Waals surface area contributed by atoms with Gasteiger partial charge in [-0.1, -0.05) is 0 Å². The third kappa shape index (κ3) is 6.52. The summed E-state index contributed by atoms with van der Waals surface area (Å²) in [7, 11) is 2.09. The Morgan fingerprint density at radius 2 is 1.89 bits per heavy atom. The lowest BCUT2D eigenvalue weighted by Crippen LogP contribution is -2.39. The topological polar surface area (TPSA) is 84.8 Å². The molecular weight excluding hydrogens is 502 g/mol. The summed E-state index contributed by atoms with van der Waals surface area (Å²) >= 11 is 0. The Morgan fingerprint density at radius 3 is 2.58 bits per heavy atom. The number of aromatic nitrogens is 1. The Labute approximate surface area is 231 Å². The van der Waals surface area contributed by atoms with Gasteiger partial charge in [0.1, 0.15) is 12.4 Å². The zero-order valence-corrected chi connectivity index (χ0v) is 23.4. The molecule has 0 radical (unpaired) electrons. The number of aryl methyl sites for hydroxylation is 2. The van der Waals surface area contributed by atoms with Gasteiger partial charge in [-0.05, 0) is 100 Å². The lowest BCUT2D eigenvalue weighted by atomic mass is 9.83. The van der Waals surface area contributed by atoms with Crippen molar-refractivity contribution in [2.45, 2.75) is 76.7 Å². The molecule has 3 N–H and O–H groups in total. The van der Waals surface area contributed by atoms with Crippen molar-refractivity contribution >= 4 is 34.9 Å². The van der Waals surface area contributed by atoms with Gasteiger partial charge in [-0.2, -0.15) is 0 Å². The van der Waals surface area contributed by atoms with Crippen molar-refractivity contribution in [1.82, 2.24) is 9.88 Å². The van der Waals surface area contributed by atoms with Crippen LogP contribution in [0, 0.1) is 6.92 Å². The number of rotatable bonds is 8. The van der Waals surface area contributed by atoms with Crippen molar-refractivity contribution < 1.29 is 19.4 Å². The maximum Gasteiger partial charge on any atom is 0.255 e. The zero-order valence-electron chi connectivity index (χ0n) is 22.6. The highest BCUT2D eigenvalue weighted by Gasteiger charge is 2.28. The van der Waals surface area contributed by atoms with Crippen molar-refractivity contribution in [2.75, 3.05) is 18.5 Å². The average molecular weight is 542 g/mol. The van der Waals surface area contributed by atoms with Crippen LogP contribution in [0.1, 0.15) is 67.1 Å². The van der Waals surface area contributed by atoms with Crippen LogP contribution in [-0.4, -0.2) is 46.5 Å². The number of nitrogens with zero attached hydrogens (tertiary/aromatic N) is 1. The molecule has 1 aromatic heterocycles. The van der Waals surface area contributed by atoms with E-state index in [0.717, 1.165) is 79.6 Å². The summed E-state index contributed by atoms with van der Waals surface area (Å²) in [5, 5.41) is 18.1. The zero-order chi connectivity index (χ0) is 26.0. The van der Waals surface area contributed by atoms with Crippen LogP contribution in [0.2, 0.25) is 0 Å². The number of fused-ring (bicyclic) bond motifs is 1. The summed E-state index contributed by atoms with van der Waals surface area (Å²) in [5.74, 6) is 0.604. The maximum absolute atomic E-state index is 13.0. The van der Waals surface area contributed by atoms with Gasteiger partial charge < -0.3 is 29.8 Å². The first-order valence-corrected chi connectivity index (χ1v) is 13.5. The predicted octanol–water partition coefficient (Wildman–Crippen LogP) is 5.50. The largest absolute Gasteiger partial charge is 0.491 e. The molecule has 1 aliphatic carbocycles. The number of benzene rings is 2. The van der Waals surface area contributed by atoms with E-state index < -0.39 is 5.60 Å². The molecule has 1 saturated heterocycles. The molecule has 0 bridgehead atoms. The molecule has 2 aliphatic rings. The van der Waals surface area contributed by atoms with Crippen LogP contribution in [0.3, 0.4) is 0 Å². The average Bonchev–Trinajstić information content (AvgIpc) is 3.52. The lowest BCUT2D eigenvalue weighted by Gasteiger charge is -2.33. The summed E-state index contributed by atoms with van der Waals surface area (Å²) in [4.78, 5) is 13.0. The molecule has 2 fully saturated rings. The van der Waals surface area contributed by atoms with Crippen LogP contribution in [-0.2, 0) is 18.3 Å². The number of aliphatic hydroxyl groups is 1. The second kappa shape index (κ2) is 12.1. The first-order valence-electron chi connectivity index (χ1n) is 13.5. The number of anilines is 1. The third-order valence-electron chi connectivity index (χ3n) is 8.05. The molecule has 0 unspecified atom stereocenters. The molecule has 1 atom stereocenters. The minimum atomic E-state index is -0.518. The summed E-state index contributed by atoms with van der Waals surface area (Å²) in [6.45, 7) is 6.12. The quantitative estimate of drug-likeness (QED) is 0.350. The number of halogens is 1. The molecule has 8 heteroatoms. The van der Waals surface area contributed by atoms with Crippen LogP contribution in [0.15, 0.2) is 42.5 Å². The highest BCUT2D eigenvalue weighted by Crippen LogP contribution is 2.30. The van der Waals surface area contributed by atoms with E-state index in [4.69, 9.17) is 9.47 Å². The Balaban J connectivity index is 0.00000336. The van der Waals surface area contributed by atoms with Crippen molar-refractivity contribution in [3.05, 3.63) is 59.3 Å². The second-order valence-electron chi connectivity index (χ2n) is 10.9. The monoisotopic (exact) mass is 541 g/mol. The van der Waals surface area contributed by atoms with E-state index in [1.165, 1.54) is 5.69 Å². The Bertz CT molecular complexity index is 1240. The first kappa shape index (κ1) is 28.4. The fourth-order valence-corrected chi connectivity index (χ4v) is 5.47. The normalized spacial score (nSPS) is 23.3. The fourth-order valence-electron chi connectivity index (χ4n) is 5.47. The molecule has 38 heavy (non-hydrogen) atoms. The summed E-state index contributed by atoms with van der Waals surface area (Å²) < 4.78 is 13.6. The van der Waals surface area contributed by atoms with Gasteiger partial charge in [-0.15, -0.1) is 12.4 Å². The molecule has 0 spiro atoms. The lowest BCUT2D eigenvalue weighted by molar-refractivity contribution is 0.0139. The van der Waals surface area contributed by atoms with Gasteiger partial charge >= 0.3 is 0 Å². The van der Waals surface area contributed by atoms with E-state index in [9.17, 15) is 9.90 Å².